The number of aromatic nitrogens is 2. The molecule has 9 heteroatoms. The first kappa shape index (κ1) is 18.6. The molecule has 5 rings (SSSR count). The molecule has 0 spiro atoms. The molecule has 1 atom stereocenters. The van der Waals surface area contributed by atoms with Crippen molar-refractivity contribution in [2.75, 3.05) is 0 Å². The van der Waals surface area contributed by atoms with Gasteiger partial charge in [0.1, 0.15) is 11.9 Å². The van der Waals surface area contributed by atoms with Crippen molar-refractivity contribution in [1.82, 2.24) is 9.55 Å². The summed E-state index contributed by atoms with van der Waals surface area (Å²) in [7, 11) is 0. The van der Waals surface area contributed by atoms with E-state index in [-0.39, 0.29) is 29.0 Å². The molecule has 1 aromatic carbocycles. The molecule has 152 valence electrons. The largest absolute Gasteiger partial charge is 0.382 e. The fourth-order valence-corrected chi connectivity index (χ4v) is 5.49. The van der Waals surface area contributed by atoms with Crippen LogP contribution in [0.2, 0.25) is 0 Å². The highest BCUT2D eigenvalue weighted by Crippen LogP contribution is 2.48. The number of aliphatic hydroxyl groups is 1. The summed E-state index contributed by atoms with van der Waals surface area (Å²) in [6.45, 7) is 1.63. The van der Waals surface area contributed by atoms with Crippen molar-refractivity contribution in [2.45, 2.75) is 50.7 Å². The molecule has 0 amide bonds. The molecule has 1 fully saturated rings. The Morgan fingerprint density at radius 1 is 1.28 bits per heavy atom. The highest BCUT2D eigenvalue weighted by molar-refractivity contribution is 7.15. The van der Waals surface area contributed by atoms with E-state index >= 15 is 4.39 Å². The summed E-state index contributed by atoms with van der Waals surface area (Å²) < 4.78 is 44.4. The summed E-state index contributed by atoms with van der Waals surface area (Å²) in [6, 6.07) is 2.45. The third kappa shape index (κ3) is 2.71. The van der Waals surface area contributed by atoms with Crippen LogP contribution in [0.5, 0.6) is 0 Å². The number of alkyl halides is 2. The van der Waals surface area contributed by atoms with Crippen molar-refractivity contribution >= 4 is 22.2 Å². The molecule has 5 nitrogen and oxygen atoms in total. The maximum Gasteiger partial charge on any atom is 0.329 e. The van der Waals surface area contributed by atoms with Crippen molar-refractivity contribution in [3.8, 4) is 10.4 Å². The topological polar surface area (TPSA) is 75.1 Å². The summed E-state index contributed by atoms with van der Waals surface area (Å²) in [5.41, 5.74) is -0.121. The minimum atomic E-state index is -3.22. The van der Waals surface area contributed by atoms with E-state index < -0.39 is 35.5 Å². The normalized spacial score (nSPS) is 20.8. The number of aliphatic hydroxyl groups excluding tert-OH is 1. The highest BCUT2D eigenvalue weighted by atomic mass is 32.1. The first-order chi connectivity index (χ1) is 13.7. The fraction of sp³-hybridized carbons (Fsp3) is 0.400. The zero-order valence-corrected chi connectivity index (χ0v) is 16.2. The molecular formula is C20H17F3N2O3S. The zero-order chi connectivity index (χ0) is 20.7. The minimum absolute atomic E-state index is 0.0454. The number of aromatic amines is 1. The number of benzene rings is 1. The molecule has 0 radical (unpaired) electrons. The van der Waals surface area contributed by atoms with Gasteiger partial charge in [-0.05, 0) is 43.9 Å². The van der Waals surface area contributed by atoms with E-state index in [2.05, 4.69) is 4.98 Å². The van der Waals surface area contributed by atoms with Crippen LogP contribution in [0.25, 0.3) is 21.3 Å². The average molecular weight is 422 g/mol. The van der Waals surface area contributed by atoms with Crippen molar-refractivity contribution in [2.24, 2.45) is 0 Å². The quantitative estimate of drug-likeness (QED) is 0.660. The number of rotatable bonds is 2. The number of thiophene rings is 1. The average Bonchev–Trinajstić information content (AvgIpc) is 3.39. The predicted octanol–water partition coefficient (Wildman–Crippen LogP) is 3.82. The third-order valence-corrected chi connectivity index (χ3v) is 7.03. The molecule has 1 saturated carbocycles. The lowest BCUT2D eigenvalue weighted by Crippen LogP contribution is -2.30. The Morgan fingerprint density at radius 2 is 2.00 bits per heavy atom. The standard InChI is InChI=1S/C20H17F3N2O3S/c1-8-15(14-7-10-13(29-14)4-5-20(22,23)17(10)26)12(21)6-11-16(8)25(9-2-3-9)19(28)24-18(11)27/h6-7,9,17,26H,2-5H2,1H3,(H,24,27,28). The van der Waals surface area contributed by atoms with Crippen LogP contribution in [0.4, 0.5) is 13.2 Å². The molecule has 2 N–H and O–H groups in total. The van der Waals surface area contributed by atoms with E-state index in [0.29, 0.717) is 20.8 Å². The number of fused-ring (bicyclic) bond motifs is 2. The van der Waals surface area contributed by atoms with E-state index in [1.807, 2.05) is 0 Å². The smallest absolute Gasteiger partial charge is 0.329 e. The molecule has 0 saturated heterocycles. The third-order valence-electron chi connectivity index (χ3n) is 5.80. The molecule has 29 heavy (non-hydrogen) atoms. The Labute approximate surface area is 166 Å². The number of aryl methyl sites for hydroxylation is 2. The highest BCUT2D eigenvalue weighted by Gasteiger charge is 2.44. The molecule has 0 bridgehead atoms. The van der Waals surface area contributed by atoms with Gasteiger partial charge in [0, 0.05) is 33.3 Å². The SMILES string of the molecule is Cc1c(-c2cc3c(s2)CCC(F)(F)C3O)c(F)cc2c(=O)[nH]c(=O)n(C3CC3)c12. The molecular weight excluding hydrogens is 405 g/mol. The Morgan fingerprint density at radius 3 is 2.69 bits per heavy atom. The summed E-state index contributed by atoms with van der Waals surface area (Å²) >= 11 is 1.16. The lowest BCUT2D eigenvalue weighted by atomic mass is 9.92. The monoisotopic (exact) mass is 422 g/mol. The number of nitrogens with zero attached hydrogens (tertiary/aromatic N) is 1. The van der Waals surface area contributed by atoms with E-state index in [1.165, 1.54) is 10.6 Å². The first-order valence-corrected chi connectivity index (χ1v) is 10.2. The van der Waals surface area contributed by atoms with Gasteiger partial charge < -0.3 is 5.11 Å². The molecule has 2 aromatic heterocycles. The molecule has 2 aliphatic carbocycles. The number of nitrogens with one attached hydrogen (secondary N) is 1. The van der Waals surface area contributed by atoms with Gasteiger partial charge >= 0.3 is 5.69 Å². The summed E-state index contributed by atoms with van der Waals surface area (Å²) in [4.78, 5) is 27.9. The van der Waals surface area contributed by atoms with E-state index in [9.17, 15) is 23.5 Å². The van der Waals surface area contributed by atoms with Gasteiger partial charge in [-0.3, -0.25) is 14.3 Å². The maximum atomic E-state index is 15.1. The molecule has 2 aliphatic rings. The summed E-state index contributed by atoms with van der Waals surface area (Å²) in [5, 5.41) is 10.1. The van der Waals surface area contributed by atoms with Gasteiger partial charge in [0.25, 0.3) is 11.5 Å². The van der Waals surface area contributed by atoms with E-state index in [1.54, 1.807) is 6.92 Å². The van der Waals surface area contributed by atoms with Crippen molar-refractivity contribution in [3.05, 3.63) is 54.8 Å². The second-order valence-electron chi connectivity index (χ2n) is 7.77. The maximum absolute atomic E-state index is 15.1. The lowest BCUT2D eigenvalue weighted by molar-refractivity contribution is -0.121. The molecule has 1 unspecified atom stereocenters. The number of H-pyrrole nitrogens is 1. The van der Waals surface area contributed by atoms with Crippen LogP contribution in [-0.4, -0.2) is 20.6 Å². The van der Waals surface area contributed by atoms with Crippen LogP contribution in [0.3, 0.4) is 0 Å². The second kappa shape index (κ2) is 6.06. The Bertz CT molecular complexity index is 1290. The minimum Gasteiger partial charge on any atom is -0.382 e. The van der Waals surface area contributed by atoms with Gasteiger partial charge in [0.05, 0.1) is 10.9 Å². The summed E-state index contributed by atoms with van der Waals surface area (Å²) in [6.07, 6.45) is -0.696. The van der Waals surface area contributed by atoms with Gasteiger partial charge in [0.15, 0.2) is 0 Å². The van der Waals surface area contributed by atoms with Crippen LogP contribution in [0.15, 0.2) is 21.7 Å². The molecule has 3 aromatic rings. The van der Waals surface area contributed by atoms with Crippen LogP contribution in [0, 0.1) is 12.7 Å². The molecule has 0 aliphatic heterocycles. The fourth-order valence-electron chi connectivity index (χ4n) is 4.20. The van der Waals surface area contributed by atoms with E-state index in [0.717, 1.165) is 30.2 Å². The second-order valence-corrected chi connectivity index (χ2v) is 8.90. The first-order valence-electron chi connectivity index (χ1n) is 9.35. The van der Waals surface area contributed by atoms with Crippen molar-refractivity contribution < 1.29 is 18.3 Å². The number of hydrogen-bond donors (Lipinski definition) is 2. The van der Waals surface area contributed by atoms with E-state index in [4.69, 9.17) is 0 Å². The van der Waals surface area contributed by atoms with Gasteiger partial charge in [-0.2, -0.15) is 0 Å². The van der Waals surface area contributed by atoms with Crippen molar-refractivity contribution in [3.63, 3.8) is 0 Å². The lowest BCUT2D eigenvalue weighted by Gasteiger charge is -2.27. The Kier molecular flexibility index (Phi) is 3.89. The zero-order valence-electron chi connectivity index (χ0n) is 15.4. The van der Waals surface area contributed by atoms with Crippen LogP contribution in [-0.2, 0) is 6.42 Å². The number of halogens is 3. The molecule has 2 heterocycles. The van der Waals surface area contributed by atoms with Gasteiger partial charge in [0.2, 0.25) is 0 Å². The van der Waals surface area contributed by atoms with Gasteiger partial charge in [-0.1, -0.05) is 0 Å². The Balaban J connectivity index is 1.78. The number of hydrogen-bond acceptors (Lipinski definition) is 4. The van der Waals surface area contributed by atoms with Crippen molar-refractivity contribution in [1.29, 1.82) is 0 Å². The van der Waals surface area contributed by atoms with Gasteiger partial charge in [-0.25, -0.2) is 18.0 Å². The Hall–Kier alpha value is -2.39. The van der Waals surface area contributed by atoms with Crippen LogP contribution < -0.4 is 11.2 Å². The van der Waals surface area contributed by atoms with Crippen LogP contribution in [0.1, 0.15) is 47.4 Å². The van der Waals surface area contributed by atoms with Gasteiger partial charge in [-0.15, -0.1) is 11.3 Å². The predicted molar refractivity (Wildman–Crippen MR) is 103 cm³/mol. The summed E-state index contributed by atoms with van der Waals surface area (Å²) in [5.74, 6) is -3.89. The van der Waals surface area contributed by atoms with Crippen LogP contribution >= 0.6 is 11.3 Å².